The fourth-order valence-electron chi connectivity index (χ4n) is 5.51. The molecule has 7 rings (SSSR count). The molecule has 5 heterocycles. The second-order valence-corrected chi connectivity index (χ2v) is 11.4. The van der Waals surface area contributed by atoms with Gasteiger partial charge in [-0.2, -0.15) is 0 Å². The van der Waals surface area contributed by atoms with E-state index in [4.69, 9.17) is 9.47 Å². The number of amides is 1. The maximum atomic E-state index is 14.0. The molecule has 4 aromatic rings. The first-order chi connectivity index (χ1) is 18.7. The van der Waals surface area contributed by atoms with E-state index in [0.717, 1.165) is 11.3 Å². The summed E-state index contributed by atoms with van der Waals surface area (Å²) >= 11 is 3.56. The molecule has 2 atom stereocenters. The van der Waals surface area contributed by atoms with Gasteiger partial charge in [0.05, 0.1) is 13.2 Å². The van der Waals surface area contributed by atoms with E-state index in [0.29, 0.717) is 19.8 Å². The second-order valence-electron chi connectivity index (χ2n) is 9.45. The summed E-state index contributed by atoms with van der Waals surface area (Å²) in [7, 11) is 0. The number of thiophene rings is 1. The molecule has 1 amide bonds. The molecule has 0 radical (unpaired) electrons. The van der Waals surface area contributed by atoms with Gasteiger partial charge in [-0.1, -0.05) is 54.6 Å². The maximum Gasteiger partial charge on any atom is 0.278 e. The van der Waals surface area contributed by atoms with Gasteiger partial charge in [0.15, 0.2) is 11.4 Å². The zero-order valence-corrected chi connectivity index (χ0v) is 22.1. The lowest BCUT2D eigenvalue weighted by Gasteiger charge is -2.51. The fourth-order valence-corrected chi connectivity index (χ4v) is 7.81. The Kier molecular flexibility index (Phi) is 5.99. The minimum atomic E-state index is -0.329. The van der Waals surface area contributed by atoms with E-state index in [2.05, 4.69) is 40.7 Å². The van der Waals surface area contributed by atoms with E-state index >= 15 is 0 Å². The predicted molar refractivity (Wildman–Crippen MR) is 148 cm³/mol. The molecule has 3 aliphatic rings. The highest BCUT2D eigenvalue weighted by Gasteiger charge is 2.46. The van der Waals surface area contributed by atoms with Crippen molar-refractivity contribution < 1.29 is 14.3 Å². The molecule has 3 aliphatic heterocycles. The molecule has 38 heavy (non-hydrogen) atoms. The van der Waals surface area contributed by atoms with Gasteiger partial charge in [-0.05, 0) is 28.1 Å². The number of carbonyl (C=O) groups excluding carboxylic acids is 1. The Morgan fingerprint density at radius 3 is 2.74 bits per heavy atom. The van der Waals surface area contributed by atoms with Crippen LogP contribution in [0.2, 0.25) is 0 Å². The van der Waals surface area contributed by atoms with E-state index in [1.165, 1.54) is 27.0 Å². The summed E-state index contributed by atoms with van der Waals surface area (Å²) < 4.78 is 13.9. The molecule has 9 heteroatoms. The standard InChI is InChI=1S/C29H25N3O4S2/c33-22-10-12-31-26(27(22)36-16-19-6-2-1-3-7-19)29(34)30-13-14-35-17-24(30)32(31)25-21-9-5-4-8-20(21)18-38-23-11-15-37-28(23)25/h1-12,15,24-25H,13-14,16-18H2/t24-,25+/m1/s1. The Bertz CT molecular complexity index is 1570. The minimum absolute atomic E-state index is 0.0824. The smallest absolute Gasteiger partial charge is 0.278 e. The second kappa shape index (κ2) is 9.65. The van der Waals surface area contributed by atoms with Gasteiger partial charge < -0.3 is 14.4 Å². The topological polar surface area (TPSA) is 64.0 Å². The molecule has 0 N–H and O–H groups in total. The Morgan fingerprint density at radius 1 is 1.00 bits per heavy atom. The average molecular weight is 544 g/mol. The first kappa shape index (κ1) is 23.6. The Labute approximate surface area is 228 Å². The summed E-state index contributed by atoms with van der Waals surface area (Å²) in [5, 5.41) is 4.34. The van der Waals surface area contributed by atoms with Crippen molar-refractivity contribution >= 4 is 29.0 Å². The molecule has 0 bridgehead atoms. The SMILES string of the molecule is O=C1c2c(OCc3ccccc3)c(=O)ccn2N([C@H]2c3ccccc3CSc3ccsc32)[C@@H]2COCCN12. The van der Waals surface area contributed by atoms with Crippen LogP contribution in [-0.2, 0) is 17.1 Å². The summed E-state index contributed by atoms with van der Waals surface area (Å²) in [5.41, 5.74) is 3.34. The van der Waals surface area contributed by atoms with Crippen LogP contribution in [0.5, 0.6) is 5.75 Å². The molecular weight excluding hydrogens is 518 g/mol. The number of aromatic nitrogens is 1. The lowest BCUT2D eigenvalue weighted by atomic mass is 9.98. The van der Waals surface area contributed by atoms with E-state index < -0.39 is 0 Å². The van der Waals surface area contributed by atoms with Gasteiger partial charge in [0.25, 0.3) is 5.91 Å². The van der Waals surface area contributed by atoms with Gasteiger partial charge in [-0.15, -0.1) is 23.1 Å². The van der Waals surface area contributed by atoms with E-state index in [-0.39, 0.29) is 41.6 Å². The first-order valence-electron chi connectivity index (χ1n) is 12.6. The first-order valence-corrected chi connectivity index (χ1v) is 14.4. The number of benzene rings is 2. The van der Waals surface area contributed by atoms with Crippen LogP contribution in [0.3, 0.4) is 0 Å². The Morgan fingerprint density at radius 2 is 1.84 bits per heavy atom. The number of carbonyl (C=O) groups is 1. The van der Waals surface area contributed by atoms with Gasteiger partial charge >= 0.3 is 0 Å². The van der Waals surface area contributed by atoms with Crippen molar-refractivity contribution in [2.45, 2.75) is 29.5 Å². The fraction of sp³-hybridized carbons (Fsp3) is 0.241. The van der Waals surface area contributed by atoms with Crippen LogP contribution < -0.4 is 15.2 Å². The van der Waals surface area contributed by atoms with Crippen LogP contribution in [0.15, 0.2) is 88.0 Å². The minimum Gasteiger partial charge on any atom is -0.482 e. The van der Waals surface area contributed by atoms with Crippen LogP contribution in [0.4, 0.5) is 0 Å². The van der Waals surface area contributed by atoms with Gasteiger partial charge in [-0.3, -0.25) is 19.3 Å². The largest absolute Gasteiger partial charge is 0.482 e. The highest BCUT2D eigenvalue weighted by Crippen LogP contribution is 2.46. The molecule has 1 saturated heterocycles. The quantitative estimate of drug-likeness (QED) is 0.374. The number of thioether (sulfide) groups is 1. The molecule has 192 valence electrons. The molecule has 2 aromatic carbocycles. The molecule has 0 unspecified atom stereocenters. The number of pyridine rings is 1. The molecule has 0 aliphatic carbocycles. The molecule has 0 saturated carbocycles. The maximum absolute atomic E-state index is 14.0. The number of fused-ring (bicyclic) bond motifs is 4. The number of hydrogen-bond donors (Lipinski definition) is 0. The summed E-state index contributed by atoms with van der Waals surface area (Å²) in [6.45, 7) is 1.48. The van der Waals surface area contributed by atoms with Crippen molar-refractivity contribution in [3.8, 4) is 5.75 Å². The zero-order valence-electron chi connectivity index (χ0n) is 20.5. The van der Waals surface area contributed by atoms with E-state index in [9.17, 15) is 9.59 Å². The van der Waals surface area contributed by atoms with Crippen LogP contribution in [0.1, 0.15) is 38.1 Å². The lowest BCUT2D eigenvalue weighted by molar-refractivity contribution is -0.0197. The monoisotopic (exact) mass is 543 g/mol. The number of hydrogen-bond acceptors (Lipinski definition) is 7. The van der Waals surface area contributed by atoms with Gasteiger partial charge in [0.1, 0.15) is 18.8 Å². The third-order valence-corrected chi connectivity index (χ3v) is 9.51. The van der Waals surface area contributed by atoms with Gasteiger partial charge in [0.2, 0.25) is 5.43 Å². The molecule has 2 aromatic heterocycles. The molecule has 1 fully saturated rings. The van der Waals surface area contributed by atoms with Crippen molar-refractivity contribution in [2.75, 3.05) is 24.8 Å². The number of ether oxygens (including phenoxy) is 2. The highest BCUT2D eigenvalue weighted by atomic mass is 32.2. The normalized spacial score (nSPS) is 20.2. The molecule has 7 nitrogen and oxygen atoms in total. The van der Waals surface area contributed by atoms with Crippen LogP contribution in [0.25, 0.3) is 0 Å². The zero-order chi connectivity index (χ0) is 25.6. The van der Waals surface area contributed by atoms with Crippen LogP contribution >= 0.6 is 23.1 Å². The number of rotatable bonds is 4. The summed E-state index contributed by atoms with van der Waals surface area (Å²) in [5.74, 6) is 0.744. The van der Waals surface area contributed by atoms with E-state index in [1.807, 2.05) is 51.7 Å². The number of morpholine rings is 1. The van der Waals surface area contributed by atoms with Crippen molar-refractivity contribution in [1.82, 2.24) is 9.58 Å². The summed E-state index contributed by atoms with van der Waals surface area (Å²) in [6.07, 6.45) is 1.38. The molecular formula is C29H25N3O4S2. The molecule has 0 spiro atoms. The Balaban J connectivity index is 1.42. The summed E-state index contributed by atoms with van der Waals surface area (Å²) in [4.78, 5) is 31.4. The third-order valence-electron chi connectivity index (χ3n) is 7.28. The van der Waals surface area contributed by atoms with Gasteiger partial charge in [-0.25, -0.2) is 0 Å². The number of nitrogens with zero attached hydrogens (tertiary/aromatic N) is 3. The van der Waals surface area contributed by atoms with Crippen molar-refractivity contribution in [3.05, 3.63) is 116 Å². The van der Waals surface area contributed by atoms with Crippen molar-refractivity contribution in [2.24, 2.45) is 0 Å². The average Bonchev–Trinajstić information content (AvgIpc) is 3.36. The highest BCUT2D eigenvalue weighted by molar-refractivity contribution is 7.98. The summed E-state index contributed by atoms with van der Waals surface area (Å²) in [6, 6.07) is 21.7. The van der Waals surface area contributed by atoms with Crippen LogP contribution in [-0.4, -0.2) is 41.4 Å². The Hall–Kier alpha value is -3.53. The predicted octanol–water partition coefficient (Wildman–Crippen LogP) is 4.63. The van der Waals surface area contributed by atoms with E-state index in [1.54, 1.807) is 17.5 Å². The third kappa shape index (κ3) is 3.84. The van der Waals surface area contributed by atoms with Crippen LogP contribution in [0, 0.1) is 0 Å². The van der Waals surface area contributed by atoms with Crippen molar-refractivity contribution in [1.29, 1.82) is 0 Å². The van der Waals surface area contributed by atoms with Crippen molar-refractivity contribution in [3.63, 3.8) is 0 Å². The lowest BCUT2D eigenvalue weighted by Crippen LogP contribution is -2.66. The van der Waals surface area contributed by atoms with Gasteiger partial charge in [0, 0.05) is 34.3 Å².